The Labute approximate surface area is 71.8 Å². The largest absolute Gasteiger partial charge is 0.396 e. The van der Waals surface area contributed by atoms with Gasteiger partial charge in [-0.2, -0.15) is 0 Å². The average molecular weight is 160 g/mol. The summed E-state index contributed by atoms with van der Waals surface area (Å²) in [6.45, 7) is 10.8. The number of aliphatic hydroxyl groups excluding tert-OH is 1. The molecule has 0 bridgehead atoms. The average Bonchev–Trinajstić information content (AvgIpc) is 2.08. The number of aliphatic hydroxyl groups is 1. The minimum absolute atomic E-state index is 0.189. The van der Waals surface area contributed by atoms with E-state index in [1.54, 1.807) is 0 Å². The maximum absolute atomic E-state index is 8.92. The number of rotatable bonds is 4. The van der Waals surface area contributed by atoms with E-state index in [9.17, 15) is 0 Å². The molecule has 11 heavy (non-hydrogen) atoms. The van der Waals surface area contributed by atoms with Gasteiger partial charge in [-0.05, 0) is 18.3 Å². The third-order valence-electron chi connectivity index (χ3n) is 2.09. The van der Waals surface area contributed by atoms with Crippen LogP contribution < -0.4 is 0 Å². The molecule has 0 aliphatic carbocycles. The van der Waals surface area contributed by atoms with Crippen molar-refractivity contribution in [3.05, 3.63) is 0 Å². The highest BCUT2D eigenvalue weighted by atomic mass is 16.3. The quantitative estimate of drug-likeness (QED) is 0.669. The summed E-state index contributed by atoms with van der Waals surface area (Å²) in [4.78, 5) is 0. The van der Waals surface area contributed by atoms with Gasteiger partial charge in [-0.1, -0.05) is 41.0 Å². The molecule has 1 N–H and O–H groups in total. The Morgan fingerprint density at radius 3 is 1.73 bits per heavy atom. The molecule has 0 aromatic carbocycles. The molecule has 0 heterocycles. The molecule has 0 aromatic heterocycles. The van der Waals surface area contributed by atoms with E-state index in [1.165, 1.54) is 6.42 Å². The summed E-state index contributed by atoms with van der Waals surface area (Å²) < 4.78 is 0. The van der Waals surface area contributed by atoms with E-state index in [0.717, 1.165) is 12.8 Å². The van der Waals surface area contributed by atoms with Crippen molar-refractivity contribution in [3.63, 3.8) is 0 Å². The summed E-state index contributed by atoms with van der Waals surface area (Å²) in [5.74, 6) is 0. The van der Waals surface area contributed by atoms with Gasteiger partial charge in [0, 0.05) is 6.61 Å². The van der Waals surface area contributed by atoms with Crippen molar-refractivity contribution in [2.75, 3.05) is 6.61 Å². The molecule has 70 valence electrons. The zero-order valence-corrected chi connectivity index (χ0v) is 8.78. The maximum Gasteiger partial charge on any atom is 0.0484 e. The summed E-state index contributed by atoms with van der Waals surface area (Å²) >= 11 is 0. The third kappa shape index (κ3) is 6.36. The Balaban J connectivity index is 0. The molecule has 0 aliphatic rings. The lowest BCUT2D eigenvalue weighted by Gasteiger charge is -2.24. The fraction of sp³-hybridized carbons (Fsp3) is 1.00. The Morgan fingerprint density at radius 2 is 1.64 bits per heavy atom. The molecule has 1 unspecified atom stereocenters. The van der Waals surface area contributed by atoms with Crippen LogP contribution >= 0.6 is 0 Å². The topological polar surface area (TPSA) is 20.2 Å². The zero-order valence-electron chi connectivity index (χ0n) is 8.78. The van der Waals surface area contributed by atoms with Crippen molar-refractivity contribution in [1.29, 1.82) is 0 Å². The van der Waals surface area contributed by atoms with Crippen LogP contribution in [-0.4, -0.2) is 11.7 Å². The van der Waals surface area contributed by atoms with Crippen LogP contribution in [0.25, 0.3) is 0 Å². The van der Waals surface area contributed by atoms with Crippen LogP contribution in [0.4, 0.5) is 0 Å². The number of hydrogen-bond acceptors (Lipinski definition) is 1. The van der Waals surface area contributed by atoms with E-state index in [-0.39, 0.29) is 5.41 Å². The lowest BCUT2D eigenvalue weighted by atomic mass is 9.84. The standard InChI is InChI=1S/C8H18O.C2H6/c1-4-6-8(3,5-2)7-9;1-2/h9H,4-7H2,1-3H3;1-2H3. The molecule has 0 spiro atoms. The molecule has 0 saturated heterocycles. The molecule has 0 aromatic rings. The van der Waals surface area contributed by atoms with Gasteiger partial charge < -0.3 is 5.11 Å². The van der Waals surface area contributed by atoms with E-state index >= 15 is 0 Å². The van der Waals surface area contributed by atoms with Crippen LogP contribution in [0.5, 0.6) is 0 Å². The van der Waals surface area contributed by atoms with Gasteiger partial charge in [0.1, 0.15) is 0 Å². The molecule has 1 heteroatoms. The Bertz CT molecular complexity index is 65.3. The molecule has 0 fully saturated rings. The van der Waals surface area contributed by atoms with E-state index in [4.69, 9.17) is 5.11 Å². The Hall–Kier alpha value is -0.0400. The molecule has 0 rings (SSSR count). The summed E-state index contributed by atoms with van der Waals surface area (Å²) in [7, 11) is 0. The molecular formula is C10H24O. The van der Waals surface area contributed by atoms with Crippen molar-refractivity contribution in [1.82, 2.24) is 0 Å². The van der Waals surface area contributed by atoms with Crippen LogP contribution in [0.3, 0.4) is 0 Å². The fourth-order valence-corrected chi connectivity index (χ4v) is 0.971. The monoisotopic (exact) mass is 160 g/mol. The Kier molecular flexibility index (Phi) is 9.92. The second-order valence-electron chi connectivity index (χ2n) is 3.07. The highest BCUT2D eigenvalue weighted by Gasteiger charge is 2.18. The Morgan fingerprint density at radius 1 is 1.18 bits per heavy atom. The van der Waals surface area contributed by atoms with Gasteiger partial charge in [0.05, 0.1) is 0 Å². The first kappa shape index (κ1) is 13.5. The first-order valence-electron chi connectivity index (χ1n) is 4.79. The van der Waals surface area contributed by atoms with Gasteiger partial charge in [-0.25, -0.2) is 0 Å². The van der Waals surface area contributed by atoms with E-state index in [0.29, 0.717) is 6.61 Å². The van der Waals surface area contributed by atoms with Crippen LogP contribution in [0, 0.1) is 5.41 Å². The van der Waals surface area contributed by atoms with Crippen LogP contribution in [-0.2, 0) is 0 Å². The minimum atomic E-state index is 0.189. The van der Waals surface area contributed by atoms with Gasteiger partial charge in [0.15, 0.2) is 0 Å². The molecule has 1 atom stereocenters. The van der Waals surface area contributed by atoms with E-state index in [2.05, 4.69) is 20.8 Å². The van der Waals surface area contributed by atoms with Gasteiger partial charge in [-0.15, -0.1) is 0 Å². The summed E-state index contributed by atoms with van der Waals surface area (Å²) in [5, 5.41) is 8.92. The highest BCUT2D eigenvalue weighted by molar-refractivity contribution is 4.69. The molecular weight excluding hydrogens is 136 g/mol. The SMILES string of the molecule is CC.CCCC(C)(CC)CO. The van der Waals surface area contributed by atoms with Crippen LogP contribution in [0.1, 0.15) is 53.9 Å². The second kappa shape index (κ2) is 8.06. The molecule has 1 nitrogen and oxygen atoms in total. The summed E-state index contributed by atoms with van der Waals surface area (Å²) in [5.41, 5.74) is 0.189. The van der Waals surface area contributed by atoms with Crippen LogP contribution in [0.2, 0.25) is 0 Å². The molecule has 0 radical (unpaired) electrons. The molecule has 0 amide bonds. The summed E-state index contributed by atoms with van der Waals surface area (Å²) in [6.07, 6.45) is 3.39. The second-order valence-corrected chi connectivity index (χ2v) is 3.07. The van der Waals surface area contributed by atoms with Gasteiger partial charge in [0.2, 0.25) is 0 Å². The lowest BCUT2D eigenvalue weighted by Crippen LogP contribution is -2.19. The predicted molar refractivity (Wildman–Crippen MR) is 51.7 cm³/mol. The van der Waals surface area contributed by atoms with Gasteiger partial charge in [-0.3, -0.25) is 0 Å². The lowest BCUT2D eigenvalue weighted by molar-refractivity contribution is 0.127. The number of hydrogen-bond donors (Lipinski definition) is 1. The zero-order chi connectivity index (χ0) is 9.33. The van der Waals surface area contributed by atoms with E-state index < -0.39 is 0 Å². The minimum Gasteiger partial charge on any atom is -0.396 e. The fourth-order valence-electron chi connectivity index (χ4n) is 0.971. The predicted octanol–water partition coefficient (Wildman–Crippen LogP) is 3.22. The summed E-state index contributed by atoms with van der Waals surface area (Å²) in [6, 6.07) is 0. The molecule has 0 aliphatic heterocycles. The molecule has 0 saturated carbocycles. The maximum atomic E-state index is 8.92. The van der Waals surface area contributed by atoms with Gasteiger partial charge in [0.25, 0.3) is 0 Å². The third-order valence-corrected chi connectivity index (χ3v) is 2.09. The smallest absolute Gasteiger partial charge is 0.0484 e. The van der Waals surface area contributed by atoms with Crippen molar-refractivity contribution in [2.45, 2.75) is 53.9 Å². The van der Waals surface area contributed by atoms with Crippen molar-refractivity contribution >= 4 is 0 Å². The first-order valence-corrected chi connectivity index (χ1v) is 4.79. The van der Waals surface area contributed by atoms with Crippen molar-refractivity contribution in [3.8, 4) is 0 Å². The van der Waals surface area contributed by atoms with Crippen molar-refractivity contribution in [2.24, 2.45) is 5.41 Å². The van der Waals surface area contributed by atoms with Gasteiger partial charge >= 0.3 is 0 Å². The van der Waals surface area contributed by atoms with Crippen LogP contribution in [0.15, 0.2) is 0 Å². The van der Waals surface area contributed by atoms with E-state index in [1.807, 2.05) is 13.8 Å². The highest BCUT2D eigenvalue weighted by Crippen LogP contribution is 2.25. The first-order chi connectivity index (χ1) is 5.18. The normalized spacial score (nSPS) is 14.7. The van der Waals surface area contributed by atoms with Crippen molar-refractivity contribution < 1.29 is 5.11 Å².